The predicted octanol–water partition coefficient (Wildman–Crippen LogP) is 4.64. The Morgan fingerprint density at radius 1 is 1.07 bits per heavy atom. The second kappa shape index (κ2) is 9.59. The third kappa shape index (κ3) is 5.37. The molecule has 0 fully saturated rings. The van der Waals surface area contributed by atoms with E-state index < -0.39 is 12.1 Å². The number of aryl methyl sites for hydroxylation is 2. The molecule has 2 atom stereocenters. The minimum Gasteiger partial charge on any atom is -0.482 e. The lowest BCUT2D eigenvalue weighted by Crippen LogP contribution is -2.32. The Balaban J connectivity index is 1.51. The molecule has 0 saturated carbocycles. The highest BCUT2D eigenvalue weighted by Gasteiger charge is 2.20. The van der Waals surface area contributed by atoms with Gasteiger partial charge in [-0.2, -0.15) is 0 Å². The van der Waals surface area contributed by atoms with Crippen molar-refractivity contribution in [1.82, 2.24) is 0 Å². The summed E-state index contributed by atoms with van der Waals surface area (Å²) in [6, 6.07) is 13.6. The first kappa shape index (κ1) is 20.9. The van der Waals surface area contributed by atoms with E-state index in [0.717, 1.165) is 36.9 Å². The first-order chi connectivity index (χ1) is 14.0. The highest BCUT2D eigenvalue weighted by Crippen LogP contribution is 2.27. The lowest BCUT2D eigenvalue weighted by molar-refractivity contribution is -0.155. The summed E-state index contributed by atoms with van der Waals surface area (Å²) >= 11 is 0. The molecule has 0 unspecified atom stereocenters. The number of hydrogen-bond acceptors (Lipinski definition) is 4. The summed E-state index contributed by atoms with van der Waals surface area (Å²) in [6.07, 6.45) is 3.37. The van der Waals surface area contributed by atoms with Crippen LogP contribution in [0.4, 0.5) is 5.69 Å². The zero-order chi connectivity index (χ0) is 20.8. The van der Waals surface area contributed by atoms with Crippen LogP contribution in [-0.4, -0.2) is 24.6 Å². The summed E-state index contributed by atoms with van der Waals surface area (Å²) in [5.41, 5.74) is 4.46. The number of anilines is 1. The van der Waals surface area contributed by atoms with E-state index in [1.54, 1.807) is 6.92 Å². The molecule has 5 nitrogen and oxygen atoms in total. The molecular formula is C24H29NO4. The molecule has 5 heteroatoms. The molecule has 1 aliphatic rings. The second-order valence-electron chi connectivity index (χ2n) is 7.59. The Labute approximate surface area is 172 Å². The molecule has 1 aliphatic carbocycles. The normalized spacial score (nSPS) is 14.6. The van der Waals surface area contributed by atoms with Gasteiger partial charge in [0.15, 0.2) is 12.7 Å². The monoisotopic (exact) mass is 395 g/mol. The minimum atomic E-state index is -0.906. The number of benzene rings is 2. The molecule has 29 heavy (non-hydrogen) atoms. The van der Waals surface area contributed by atoms with Crippen molar-refractivity contribution in [2.75, 3.05) is 11.9 Å². The first-order valence-electron chi connectivity index (χ1n) is 10.3. The molecule has 0 aliphatic heterocycles. The smallest absolute Gasteiger partial charge is 0.344 e. The van der Waals surface area contributed by atoms with Crippen LogP contribution in [-0.2, 0) is 27.2 Å². The van der Waals surface area contributed by atoms with Crippen LogP contribution in [0.5, 0.6) is 5.75 Å². The number of para-hydroxylation sites is 1. The van der Waals surface area contributed by atoms with Gasteiger partial charge >= 0.3 is 5.97 Å². The van der Waals surface area contributed by atoms with Crippen molar-refractivity contribution in [2.24, 2.45) is 0 Å². The van der Waals surface area contributed by atoms with Crippen LogP contribution in [0.3, 0.4) is 0 Å². The highest BCUT2D eigenvalue weighted by atomic mass is 16.6. The Morgan fingerprint density at radius 2 is 1.83 bits per heavy atom. The van der Waals surface area contributed by atoms with Crippen LogP contribution < -0.4 is 10.1 Å². The summed E-state index contributed by atoms with van der Waals surface area (Å²) in [5, 5.41) is 2.88. The molecule has 2 aromatic rings. The van der Waals surface area contributed by atoms with E-state index in [1.807, 2.05) is 42.5 Å². The van der Waals surface area contributed by atoms with Gasteiger partial charge in [0.05, 0.1) is 0 Å². The van der Waals surface area contributed by atoms with E-state index in [4.69, 9.17) is 9.47 Å². The fourth-order valence-corrected chi connectivity index (χ4v) is 3.56. The Bertz CT molecular complexity index is 877. The molecule has 1 N–H and O–H groups in total. The number of hydrogen-bond donors (Lipinski definition) is 1. The van der Waals surface area contributed by atoms with Crippen LogP contribution in [0.15, 0.2) is 42.5 Å². The lowest BCUT2D eigenvalue weighted by atomic mass is 9.97. The molecule has 0 bridgehead atoms. The molecule has 0 heterocycles. The average Bonchev–Trinajstić information content (AvgIpc) is 3.20. The number of esters is 1. The standard InChI is InChI=1S/C24H29NO4/c1-4-16(2)21-10-5-6-11-22(21)25-24(27)17(3)29-23(26)15-28-20-13-12-18-8-7-9-19(18)14-20/h5-6,10-14,16-17H,4,7-9,15H2,1-3H3,(H,25,27)/t16-,17-/m0/s1. The van der Waals surface area contributed by atoms with Crippen molar-refractivity contribution >= 4 is 17.6 Å². The summed E-state index contributed by atoms with van der Waals surface area (Å²) < 4.78 is 10.8. The van der Waals surface area contributed by atoms with Crippen molar-refractivity contribution < 1.29 is 19.1 Å². The number of carbonyl (C=O) groups is 2. The van der Waals surface area contributed by atoms with Gasteiger partial charge in [0.2, 0.25) is 0 Å². The van der Waals surface area contributed by atoms with Gasteiger partial charge in [-0.1, -0.05) is 38.1 Å². The number of rotatable bonds is 8. The number of amides is 1. The van der Waals surface area contributed by atoms with E-state index in [0.29, 0.717) is 11.7 Å². The van der Waals surface area contributed by atoms with Crippen molar-refractivity contribution in [3.05, 3.63) is 59.2 Å². The second-order valence-corrected chi connectivity index (χ2v) is 7.59. The number of nitrogens with one attached hydrogen (secondary N) is 1. The first-order valence-corrected chi connectivity index (χ1v) is 10.3. The highest BCUT2D eigenvalue weighted by molar-refractivity contribution is 5.95. The van der Waals surface area contributed by atoms with E-state index in [-0.39, 0.29) is 12.5 Å². The number of ether oxygens (including phenoxy) is 2. The maximum atomic E-state index is 12.5. The SMILES string of the molecule is CC[C@H](C)c1ccccc1NC(=O)[C@H](C)OC(=O)COc1ccc2c(c1)CCC2. The Kier molecular flexibility index (Phi) is 6.91. The van der Waals surface area contributed by atoms with Gasteiger partial charge in [-0.05, 0) is 73.4 Å². The van der Waals surface area contributed by atoms with Gasteiger partial charge in [0, 0.05) is 5.69 Å². The fourth-order valence-electron chi connectivity index (χ4n) is 3.56. The topological polar surface area (TPSA) is 64.6 Å². The fraction of sp³-hybridized carbons (Fsp3) is 0.417. The van der Waals surface area contributed by atoms with Gasteiger partial charge in [-0.3, -0.25) is 4.79 Å². The maximum Gasteiger partial charge on any atom is 0.344 e. The van der Waals surface area contributed by atoms with Gasteiger partial charge in [-0.15, -0.1) is 0 Å². The third-order valence-corrected chi connectivity index (χ3v) is 5.47. The van der Waals surface area contributed by atoms with Gasteiger partial charge in [0.1, 0.15) is 5.75 Å². The quantitative estimate of drug-likeness (QED) is 0.662. The summed E-state index contributed by atoms with van der Waals surface area (Å²) in [6.45, 7) is 5.56. The molecule has 0 aromatic heterocycles. The number of carbonyl (C=O) groups excluding carboxylic acids is 2. The number of fused-ring (bicyclic) bond motifs is 1. The lowest BCUT2D eigenvalue weighted by Gasteiger charge is -2.18. The summed E-state index contributed by atoms with van der Waals surface area (Å²) in [7, 11) is 0. The maximum absolute atomic E-state index is 12.5. The molecule has 0 radical (unpaired) electrons. The largest absolute Gasteiger partial charge is 0.482 e. The van der Waals surface area contributed by atoms with Gasteiger partial charge < -0.3 is 14.8 Å². The van der Waals surface area contributed by atoms with Crippen molar-refractivity contribution in [3.8, 4) is 5.75 Å². The van der Waals surface area contributed by atoms with E-state index in [9.17, 15) is 9.59 Å². The van der Waals surface area contributed by atoms with Gasteiger partial charge in [-0.25, -0.2) is 4.79 Å². The zero-order valence-corrected chi connectivity index (χ0v) is 17.4. The average molecular weight is 395 g/mol. The molecule has 3 rings (SSSR count). The Morgan fingerprint density at radius 3 is 2.62 bits per heavy atom. The zero-order valence-electron chi connectivity index (χ0n) is 17.4. The summed E-state index contributed by atoms with van der Waals surface area (Å²) in [5.74, 6) is 0.0576. The third-order valence-electron chi connectivity index (χ3n) is 5.47. The molecule has 2 aromatic carbocycles. The molecular weight excluding hydrogens is 366 g/mol. The molecule has 0 saturated heterocycles. The summed E-state index contributed by atoms with van der Waals surface area (Å²) in [4.78, 5) is 24.6. The molecule has 0 spiro atoms. The van der Waals surface area contributed by atoms with Crippen molar-refractivity contribution in [1.29, 1.82) is 0 Å². The van der Waals surface area contributed by atoms with E-state index in [2.05, 4.69) is 19.2 Å². The van der Waals surface area contributed by atoms with Gasteiger partial charge in [0.25, 0.3) is 5.91 Å². The van der Waals surface area contributed by atoms with E-state index in [1.165, 1.54) is 11.1 Å². The van der Waals surface area contributed by atoms with Crippen LogP contribution >= 0.6 is 0 Å². The van der Waals surface area contributed by atoms with Crippen LogP contribution in [0, 0.1) is 0 Å². The van der Waals surface area contributed by atoms with Crippen molar-refractivity contribution in [3.63, 3.8) is 0 Å². The van der Waals surface area contributed by atoms with Crippen LogP contribution in [0.25, 0.3) is 0 Å². The van der Waals surface area contributed by atoms with E-state index >= 15 is 0 Å². The minimum absolute atomic E-state index is 0.222. The van der Waals surface area contributed by atoms with Crippen LogP contribution in [0.2, 0.25) is 0 Å². The van der Waals surface area contributed by atoms with Crippen LogP contribution in [0.1, 0.15) is 56.2 Å². The van der Waals surface area contributed by atoms with Crippen molar-refractivity contribution in [2.45, 2.75) is 58.5 Å². The molecule has 1 amide bonds. The molecule has 154 valence electrons. The Hall–Kier alpha value is -2.82. The predicted molar refractivity (Wildman–Crippen MR) is 113 cm³/mol.